The van der Waals surface area contributed by atoms with Crippen LogP contribution in [0.4, 0.5) is 0 Å². The highest BCUT2D eigenvalue weighted by Crippen LogP contribution is 2.33. The van der Waals surface area contributed by atoms with Crippen LogP contribution in [0.5, 0.6) is 5.75 Å². The monoisotopic (exact) mass is 305 g/mol. The first-order valence-corrected chi connectivity index (χ1v) is 6.91. The number of ether oxygens (including phenoxy) is 1. The Morgan fingerprint density at radius 2 is 2.00 bits per heavy atom. The molecule has 1 aromatic rings. The van der Waals surface area contributed by atoms with Gasteiger partial charge < -0.3 is 9.84 Å². The molecule has 0 saturated carbocycles. The molecule has 1 N–H and O–H groups in total. The number of carboxylic acid groups (broad SMARTS) is 1. The number of rotatable bonds is 5. The summed E-state index contributed by atoms with van der Waals surface area (Å²) in [7, 11) is 0. The molecule has 0 aromatic heterocycles. The summed E-state index contributed by atoms with van der Waals surface area (Å²) < 4.78 is 5.55. The van der Waals surface area contributed by atoms with E-state index in [4.69, 9.17) is 33.0 Å². The second-order valence-corrected chi connectivity index (χ2v) is 5.22. The number of hydrogen-bond donors (Lipinski definition) is 1. The fourth-order valence-electron chi connectivity index (χ4n) is 2.13. The molecule has 19 heavy (non-hydrogen) atoms. The van der Waals surface area contributed by atoms with E-state index < -0.39 is 5.97 Å². The van der Waals surface area contributed by atoms with E-state index in [0.717, 1.165) is 19.6 Å². The highest BCUT2D eigenvalue weighted by Gasteiger charge is 2.18. The molecular formula is C13H15Cl2NO3. The van der Waals surface area contributed by atoms with Crippen LogP contribution < -0.4 is 4.74 Å². The molecule has 4 nitrogen and oxygen atoms in total. The first-order chi connectivity index (χ1) is 9.09. The molecular weight excluding hydrogens is 291 g/mol. The van der Waals surface area contributed by atoms with Crippen molar-refractivity contribution < 1.29 is 14.6 Å². The predicted octanol–water partition coefficient (Wildman–Crippen LogP) is 3.17. The van der Waals surface area contributed by atoms with Crippen molar-refractivity contribution >= 4 is 29.2 Å². The van der Waals surface area contributed by atoms with Gasteiger partial charge in [-0.3, -0.25) is 4.90 Å². The zero-order valence-electron chi connectivity index (χ0n) is 10.4. The Morgan fingerprint density at radius 3 is 2.63 bits per heavy atom. The van der Waals surface area contributed by atoms with E-state index in [-0.39, 0.29) is 15.6 Å². The zero-order valence-corrected chi connectivity index (χ0v) is 11.9. The van der Waals surface area contributed by atoms with Crippen LogP contribution in [0.2, 0.25) is 10.0 Å². The average molecular weight is 306 g/mol. The van der Waals surface area contributed by atoms with Crippen molar-refractivity contribution in [3.63, 3.8) is 0 Å². The predicted molar refractivity (Wildman–Crippen MR) is 74.6 cm³/mol. The van der Waals surface area contributed by atoms with Crippen molar-refractivity contribution in [3.05, 3.63) is 27.7 Å². The van der Waals surface area contributed by atoms with Crippen molar-refractivity contribution in [2.45, 2.75) is 12.8 Å². The average Bonchev–Trinajstić information content (AvgIpc) is 2.85. The molecule has 0 unspecified atom stereocenters. The van der Waals surface area contributed by atoms with Crippen LogP contribution in [0.25, 0.3) is 0 Å². The Morgan fingerprint density at radius 1 is 1.32 bits per heavy atom. The largest absolute Gasteiger partial charge is 0.491 e. The standard InChI is InChI=1S/C13H15Cl2NO3/c14-9-3-4-10(12(15)11(9)13(17)18)19-8-7-16-5-1-2-6-16/h3-4H,1-2,5-8H2,(H,17,18)/i13+2. The SMILES string of the molecule is O=[14C](O)c1c(Cl)ccc(OCCN2CCCC2)c1Cl. The van der Waals surface area contributed by atoms with Crippen molar-refractivity contribution in [2.24, 2.45) is 0 Å². The molecule has 2 rings (SSSR count). The summed E-state index contributed by atoms with van der Waals surface area (Å²) in [5, 5.41) is 9.21. The quantitative estimate of drug-likeness (QED) is 0.908. The number of carboxylic acids is 1. The van der Waals surface area contributed by atoms with Gasteiger partial charge in [0.25, 0.3) is 0 Å². The molecule has 0 bridgehead atoms. The van der Waals surface area contributed by atoms with E-state index in [1.54, 1.807) is 6.07 Å². The third kappa shape index (κ3) is 3.53. The normalized spacial score (nSPS) is 15.7. The molecule has 0 radical (unpaired) electrons. The van der Waals surface area contributed by atoms with Gasteiger partial charge in [0.2, 0.25) is 0 Å². The molecule has 0 aliphatic carbocycles. The molecule has 1 saturated heterocycles. The maximum Gasteiger partial charge on any atom is 0.338 e. The summed E-state index contributed by atoms with van der Waals surface area (Å²) in [5.74, 6) is -0.789. The molecule has 1 aliphatic rings. The van der Waals surface area contributed by atoms with E-state index in [2.05, 4.69) is 4.90 Å². The number of nitrogens with zero attached hydrogens (tertiary/aromatic N) is 1. The lowest BCUT2D eigenvalue weighted by atomic mass is 10.3. The molecule has 0 atom stereocenters. The van der Waals surface area contributed by atoms with Crippen LogP contribution >= 0.6 is 23.2 Å². The molecule has 1 aromatic carbocycles. The van der Waals surface area contributed by atoms with Crippen molar-refractivity contribution in [2.75, 3.05) is 26.2 Å². The van der Waals surface area contributed by atoms with Gasteiger partial charge in [0.05, 0.1) is 10.0 Å². The molecule has 0 spiro atoms. The van der Waals surface area contributed by atoms with Gasteiger partial charge in [-0.15, -0.1) is 0 Å². The Balaban J connectivity index is 2.00. The molecule has 1 aliphatic heterocycles. The van der Waals surface area contributed by atoms with Crippen LogP contribution in [0.3, 0.4) is 0 Å². The molecule has 6 heteroatoms. The van der Waals surface area contributed by atoms with Crippen molar-refractivity contribution in [1.82, 2.24) is 4.90 Å². The fraction of sp³-hybridized carbons (Fsp3) is 0.462. The lowest BCUT2D eigenvalue weighted by Crippen LogP contribution is -2.25. The summed E-state index contributed by atoms with van der Waals surface area (Å²) in [6.07, 6.45) is 2.45. The lowest BCUT2D eigenvalue weighted by molar-refractivity contribution is 0.0696. The minimum atomic E-state index is -1.15. The smallest absolute Gasteiger partial charge is 0.338 e. The highest BCUT2D eigenvalue weighted by atomic mass is 35.5. The van der Waals surface area contributed by atoms with E-state index in [1.807, 2.05) is 0 Å². The van der Waals surface area contributed by atoms with Gasteiger partial charge in [0.1, 0.15) is 17.9 Å². The molecule has 1 heterocycles. The van der Waals surface area contributed by atoms with Gasteiger partial charge in [0.15, 0.2) is 0 Å². The minimum absolute atomic E-state index is 0.0569. The van der Waals surface area contributed by atoms with Gasteiger partial charge in [-0.25, -0.2) is 4.79 Å². The van der Waals surface area contributed by atoms with Crippen molar-refractivity contribution in [1.29, 1.82) is 0 Å². The minimum Gasteiger partial charge on any atom is -0.491 e. The molecule has 104 valence electrons. The maximum absolute atomic E-state index is 11.0. The number of hydrogen-bond acceptors (Lipinski definition) is 3. The van der Waals surface area contributed by atoms with Crippen LogP contribution in [0, 0.1) is 0 Å². The van der Waals surface area contributed by atoms with Gasteiger partial charge >= 0.3 is 5.97 Å². The third-order valence-electron chi connectivity index (χ3n) is 3.13. The first-order valence-electron chi connectivity index (χ1n) is 6.16. The number of aromatic carboxylic acids is 1. The Hall–Kier alpha value is -0.970. The Kier molecular flexibility index (Phi) is 4.91. The van der Waals surface area contributed by atoms with E-state index in [0.29, 0.717) is 12.4 Å². The van der Waals surface area contributed by atoms with E-state index >= 15 is 0 Å². The zero-order chi connectivity index (χ0) is 13.8. The van der Waals surface area contributed by atoms with Crippen LogP contribution in [0.15, 0.2) is 12.1 Å². The third-order valence-corrected chi connectivity index (χ3v) is 3.82. The van der Waals surface area contributed by atoms with Crippen LogP contribution in [-0.2, 0) is 0 Å². The number of benzene rings is 1. The highest BCUT2D eigenvalue weighted by molar-refractivity contribution is 6.40. The summed E-state index contributed by atoms with van der Waals surface area (Å²) in [6.45, 7) is 3.50. The van der Waals surface area contributed by atoms with E-state index in [1.165, 1.54) is 18.9 Å². The Bertz CT molecular complexity index is 473. The van der Waals surface area contributed by atoms with Crippen LogP contribution in [-0.4, -0.2) is 42.2 Å². The second-order valence-electron chi connectivity index (χ2n) is 4.44. The number of halogens is 2. The first kappa shape index (κ1) is 14.4. The van der Waals surface area contributed by atoms with Gasteiger partial charge in [-0.1, -0.05) is 23.2 Å². The molecule has 0 amide bonds. The topological polar surface area (TPSA) is 49.8 Å². The van der Waals surface area contributed by atoms with Gasteiger partial charge in [0, 0.05) is 6.54 Å². The van der Waals surface area contributed by atoms with Gasteiger partial charge in [-0.05, 0) is 38.1 Å². The summed E-state index contributed by atoms with van der Waals surface area (Å²) in [6, 6.07) is 3.09. The summed E-state index contributed by atoms with van der Waals surface area (Å²) >= 11 is 11.8. The van der Waals surface area contributed by atoms with Crippen LogP contribution in [0.1, 0.15) is 23.2 Å². The maximum atomic E-state index is 11.0. The lowest BCUT2D eigenvalue weighted by Gasteiger charge is -2.16. The number of carbonyl (C=O) groups is 1. The fourth-order valence-corrected chi connectivity index (χ4v) is 2.72. The van der Waals surface area contributed by atoms with Crippen molar-refractivity contribution in [3.8, 4) is 5.75 Å². The summed E-state index contributed by atoms with van der Waals surface area (Å²) in [5.41, 5.74) is -0.109. The van der Waals surface area contributed by atoms with Gasteiger partial charge in [-0.2, -0.15) is 0 Å². The summed E-state index contributed by atoms with van der Waals surface area (Å²) in [4.78, 5) is 13.4. The number of likely N-dealkylation sites (tertiary alicyclic amines) is 1. The van der Waals surface area contributed by atoms with E-state index in [9.17, 15) is 4.79 Å². The second kappa shape index (κ2) is 6.46. The Labute approximate surface area is 121 Å². The molecule has 1 fully saturated rings.